The number of hydrogen-bond acceptors (Lipinski definition) is 1. The minimum Gasteiger partial charge on any atom is -0.494 e. The van der Waals surface area contributed by atoms with Gasteiger partial charge in [-0.1, -0.05) is 68.7 Å². The third-order valence-corrected chi connectivity index (χ3v) is 6.24. The van der Waals surface area contributed by atoms with Crippen LogP contribution in [0.3, 0.4) is 0 Å². The lowest BCUT2D eigenvalue weighted by Gasteiger charge is -2.28. The summed E-state index contributed by atoms with van der Waals surface area (Å²) >= 11 is 0. The summed E-state index contributed by atoms with van der Waals surface area (Å²) in [5.41, 5.74) is 3.93. The van der Waals surface area contributed by atoms with Crippen LogP contribution in [-0.4, -0.2) is 6.61 Å². The Morgan fingerprint density at radius 3 is 2.14 bits per heavy atom. The summed E-state index contributed by atoms with van der Waals surface area (Å²) in [7, 11) is 0. The van der Waals surface area contributed by atoms with Crippen LogP contribution in [0.4, 0.5) is 4.39 Å². The molecule has 1 aliphatic rings. The topological polar surface area (TPSA) is 9.23 Å². The van der Waals surface area contributed by atoms with E-state index in [0.717, 1.165) is 25.2 Å². The van der Waals surface area contributed by atoms with Gasteiger partial charge in [0.05, 0.1) is 12.9 Å². The molecule has 2 heteroatoms. The van der Waals surface area contributed by atoms with Crippen LogP contribution in [0.15, 0.2) is 60.9 Å². The number of unbranched alkanes of at least 4 members (excludes halogenated alkanes) is 3. The first-order valence-electron chi connectivity index (χ1n) is 11.4. The van der Waals surface area contributed by atoms with Crippen molar-refractivity contribution in [1.29, 1.82) is 0 Å². The van der Waals surface area contributed by atoms with Gasteiger partial charge in [-0.15, -0.1) is 0 Å². The first-order chi connectivity index (χ1) is 14.3. The van der Waals surface area contributed by atoms with Crippen molar-refractivity contribution >= 4 is 0 Å². The molecule has 0 unspecified atom stereocenters. The zero-order valence-electron chi connectivity index (χ0n) is 17.8. The molecule has 1 saturated carbocycles. The molecule has 0 heterocycles. The Hall–Kier alpha value is -2.09. The number of halogens is 1. The van der Waals surface area contributed by atoms with Gasteiger partial charge in [0, 0.05) is 0 Å². The Balaban J connectivity index is 1.50. The van der Waals surface area contributed by atoms with Crippen molar-refractivity contribution in [3.05, 3.63) is 66.5 Å². The van der Waals surface area contributed by atoms with Crippen LogP contribution < -0.4 is 4.74 Å². The molecule has 2 aromatic carbocycles. The highest BCUT2D eigenvalue weighted by Crippen LogP contribution is 2.37. The van der Waals surface area contributed by atoms with E-state index in [9.17, 15) is 4.39 Å². The fraction of sp³-hybridized carbons (Fsp3) is 0.481. The predicted molar refractivity (Wildman–Crippen MR) is 121 cm³/mol. The monoisotopic (exact) mass is 394 g/mol. The van der Waals surface area contributed by atoms with Crippen LogP contribution in [-0.2, 0) is 0 Å². The van der Waals surface area contributed by atoms with Gasteiger partial charge < -0.3 is 4.74 Å². The average molecular weight is 395 g/mol. The molecule has 0 saturated heterocycles. The second-order valence-electron chi connectivity index (χ2n) is 8.37. The largest absolute Gasteiger partial charge is 0.494 e. The van der Waals surface area contributed by atoms with E-state index < -0.39 is 0 Å². The van der Waals surface area contributed by atoms with Crippen molar-refractivity contribution < 1.29 is 9.13 Å². The summed E-state index contributed by atoms with van der Waals surface area (Å²) in [4.78, 5) is 0. The van der Waals surface area contributed by atoms with Gasteiger partial charge in [-0.25, -0.2) is 4.39 Å². The van der Waals surface area contributed by atoms with E-state index in [1.165, 1.54) is 61.6 Å². The second-order valence-corrected chi connectivity index (χ2v) is 8.37. The second kappa shape index (κ2) is 11.8. The smallest absolute Gasteiger partial charge is 0.119 e. The fourth-order valence-electron chi connectivity index (χ4n) is 4.39. The maximum Gasteiger partial charge on any atom is 0.119 e. The van der Waals surface area contributed by atoms with Crippen LogP contribution >= 0.6 is 0 Å². The fourth-order valence-corrected chi connectivity index (χ4v) is 4.39. The lowest BCUT2D eigenvalue weighted by molar-refractivity contribution is 0.305. The Morgan fingerprint density at radius 2 is 1.52 bits per heavy atom. The van der Waals surface area contributed by atoms with Gasteiger partial charge in [-0.3, -0.25) is 0 Å². The quantitative estimate of drug-likeness (QED) is 0.367. The molecule has 2 aromatic rings. The van der Waals surface area contributed by atoms with Crippen molar-refractivity contribution in [2.24, 2.45) is 5.92 Å². The van der Waals surface area contributed by atoms with Gasteiger partial charge in [0.25, 0.3) is 0 Å². The highest BCUT2D eigenvalue weighted by atomic mass is 19.1. The highest BCUT2D eigenvalue weighted by Gasteiger charge is 2.21. The molecule has 0 aliphatic heterocycles. The van der Waals surface area contributed by atoms with Crippen molar-refractivity contribution in [1.82, 2.24) is 0 Å². The van der Waals surface area contributed by atoms with Crippen LogP contribution in [0.25, 0.3) is 11.1 Å². The van der Waals surface area contributed by atoms with Crippen molar-refractivity contribution in [3.8, 4) is 16.9 Å². The molecule has 3 rings (SSSR count). The van der Waals surface area contributed by atoms with Gasteiger partial charge in [0.15, 0.2) is 0 Å². The lowest BCUT2D eigenvalue weighted by Crippen LogP contribution is -2.12. The Labute approximate surface area is 176 Å². The summed E-state index contributed by atoms with van der Waals surface area (Å²) in [6.45, 7) is 3.03. The third kappa shape index (κ3) is 6.73. The number of ether oxygens (including phenoxy) is 1. The minimum atomic E-state index is 0.651. The van der Waals surface area contributed by atoms with E-state index in [-0.39, 0.29) is 0 Å². The van der Waals surface area contributed by atoms with E-state index in [1.54, 1.807) is 6.08 Å². The summed E-state index contributed by atoms with van der Waals surface area (Å²) < 4.78 is 18.0. The Kier molecular flexibility index (Phi) is 8.80. The molecule has 1 nitrogen and oxygen atoms in total. The highest BCUT2D eigenvalue weighted by molar-refractivity contribution is 5.64. The first-order valence-corrected chi connectivity index (χ1v) is 11.4. The van der Waals surface area contributed by atoms with Crippen molar-refractivity contribution in [3.63, 3.8) is 0 Å². The average Bonchev–Trinajstić information content (AvgIpc) is 2.78. The molecule has 0 N–H and O–H groups in total. The van der Waals surface area contributed by atoms with Crippen LogP contribution in [0.5, 0.6) is 5.75 Å². The zero-order valence-corrected chi connectivity index (χ0v) is 17.8. The van der Waals surface area contributed by atoms with E-state index in [0.29, 0.717) is 18.2 Å². The molecule has 1 aliphatic carbocycles. The summed E-state index contributed by atoms with van der Waals surface area (Å²) in [5, 5.41) is 0. The standard InChI is InChI=1S/C27H35FO/c1-2-3-4-5-21-29-27-18-16-26(17-19-27)25-14-12-24(13-15-25)23-10-8-22(9-11-23)7-6-20-28/h6,12-20,22-23H,2-5,7-11,21H2,1H3/t22-,23-. The number of hydrogen-bond donors (Lipinski definition) is 0. The van der Waals surface area contributed by atoms with Crippen LogP contribution in [0.1, 0.15) is 76.2 Å². The summed E-state index contributed by atoms with van der Waals surface area (Å²) in [6.07, 6.45) is 13.0. The molecule has 0 spiro atoms. The summed E-state index contributed by atoms with van der Waals surface area (Å²) in [5.74, 6) is 2.27. The Morgan fingerprint density at radius 1 is 0.862 bits per heavy atom. The third-order valence-electron chi connectivity index (χ3n) is 6.24. The lowest BCUT2D eigenvalue weighted by atomic mass is 9.77. The van der Waals surface area contributed by atoms with E-state index in [1.807, 2.05) is 0 Å². The molecule has 0 atom stereocenters. The van der Waals surface area contributed by atoms with Crippen LogP contribution in [0.2, 0.25) is 0 Å². The van der Waals surface area contributed by atoms with Crippen LogP contribution in [0, 0.1) is 5.92 Å². The molecular weight excluding hydrogens is 359 g/mol. The number of rotatable bonds is 10. The van der Waals surface area contributed by atoms with Gasteiger partial charge >= 0.3 is 0 Å². The van der Waals surface area contributed by atoms with Gasteiger partial charge in [-0.05, 0) is 79.2 Å². The van der Waals surface area contributed by atoms with Gasteiger partial charge in [0.2, 0.25) is 0 Å². The molecule has 0 bridgehead atoms. The Bertz CT molecular complexity index is 724. The zero-order chi connectivity index (χ0) is 20.3. The minimum absolute atomic E-state index is 0.651. The van der Waals surface area contributed by atoms with Crippen molar-refractivity contribution in [2.45, 2.75) is 70.6 Å². The number of benzene rings is 2. The molecular formula is C27H35FO. The number of allylic oxidation sites excluding steroid dienone is 1. The molecule has 0 radical (unpaired) electrons. The SMILES string of the molecule is CCCCCCOc1ccc(-c2ccc([C@H]3CC[C@H](CC=CF)CC3)cc2)cc1. The predicted octanol–water partition coefficient (Wildman–Crippen LogP) is 8.46. The van der Waals surface area contributed by atoms with E-state index in [2.05, 4.69) is 55.5 Å². The summed E-state index contributed by atoms with van der Waals surface area (Å²) in [6, 6.07) is 17.5. The van der Waals surface area contributed by atoms with Gasteiger partial charge in [-0.2, -0.15) is 0 Å². The van der Waals surface area contributed by atoms with Crippen molar-refractivity contribution in [2.75, 3.05) is 6.61 Å². The normalized spacial score (nSPS) is 19.5. The van der Waals surface area contributed by atoms with E-state index >= 15 is 0 Å². The first kappa shape index (κ1) is 21.6. The van der Waals surface area contributed by atoms with E-state index in [4.69, 9.17) is 4.74 Å². The maximum absolute atomic E-state index is 12.2. The maximum atomic E-state index is 12.2. The molecule has 29 heavy (non-hydrogen) atoms. The molecule has 156 valence electrons. The van der Waals surface area contributed by atoms with Gasteiger partial charge in [0.1, 0.15) is 5.75 Å². The molecule has 0 aromatic heterocycles. The molecule has 1 fully saturated rings. The molecule has 0 amide bonds.